The summed E-state index contributed by atoms with van der Waals surface area (Å²) < 4.78 is 41.2. The summed E-state index contributed by atoms with van der Waals surface area (Å²) in [5.41, 5.74) is 0.614. The fraction of sp³-hybridized carbons (Fsp3) is 0.923. The number of methoxy groups -OCH3 is 2. The summed E-state index contributed by atoms with van der Waals surface area (Å²) in [7, 11) is 3.36. The standard InChI is InChI=1S/C39H70O9/c1-5-6-7-8-9-10-14-17-20-33(44-28-42-3)35-22-24-37(47-35)38-25-23-36(48-38)34(45-29-43-4)21-18-15-12-11-13-16-19-32(40)27-31-26-30(2)46-39(31)41/h26,30,32-38,40H,5-25,27-29H2,1-4H3. The minimum Gasteiger partial charge on any atom is -0.455 e. The van der Waals surface area contributed by atoms with E-state index in [9.17, 15) is 9.90 Å². The number of aliphatic hydroxyl groups excluding tert-OH is 1. The van der Waals surface area contributed by atoms with Gasteiger partial charge < -0.3 is 38.3 Å². The first kappa shape index (κ1) is 41.4. The lowest BCUT2D eigenvalue weighted by Gasteiger charge is -2.27. The van der Waals surface area contributed by atoms with E-state index < -0.39 is 6.10 Å². The van der Waals surface area contributed by atoms with Crippen molar-refractivity contribution in [1.29, 1.82) is 0 Å². The normalized spacial score (nSPS) is 26.1. The number of carbonyl (C=O) groups is 1. The van der Waals surface area contributed by atoms with E-state index in [0.717, 1.165) is 77.0 Å². The average molecular weight is 683 g/mol. The molecule has 0 bridgehead atoms. The van der Waals surface area contributed by atoms with Crippen LogP contribution in [0.4, 0.5) is 0 Å². The van der Waals surface area contributed by atoms with Crippen molar-refractivity contribution in [2.75, 3.05) is 27.8 Å². The molecule has 0 saturated carbocycles. The van der Waals surface area contributed by atoms with E-state index in [2.05, 4.69) is 6.92 Å². The van der Waals surface area contributed by atoms with E-state index in [1.807, 2.05) is 13.0 Å². The monoisotopic (exact) mass is 683 g/mol. The number of rotatable bonds is 29. The van der Waals surface area contributed by atoms with Gasteiger partial charge in [-0.1, -0.05) is 96.8 Å². The van der Waals surface area contributed by atoms with Crippen LogP contribution in [0, 0.1) is 0 Å². The third kappa shape index (κ3) is 15.9. The summed E-state index contributed by atoms with van der Waals surface area (Å²) in [6.07, 6.45) is 25.9. The highest BCUT2D eigenvalue weighted by atomic mass is 16.7. The van der Waals surface area contributed by atoms with Crippen LogP contribution in [0.15, 0.2) is 11.6 Å². The molecule has 1 N–H and O–H groups in total. The Hall–Kier alpha value is -1.07. The van der Waals surface area contributed by atoms with Gasteiger partial charge in [0.1, 0.15) is 19.7 Å². The summed E-state index contributed by atoms with van der Waals surface area (Å²) in [4.78, 5) is 11.8. The number of esters is 1. The number of hydrogen-bond donors (Lipinski definition) is 1. The molecule has 0 amide bonds. The van der Waals surface area contributed by atoms with Crippen molar-refractivity contribution in [2.24, 2.45) is 0 Å². The van der Waals surface area contributed by atoms with Crippen LogP contribution in [-0.2, 0) is 38.0 Å². The molecule has 2 saturated heterocycles. The first-order valence-corrected chi connectivity index (χ1v) is 19.6. The Balaban J connectivity index is 1.30. The van der Waals surface area contributed by atoms with Gasteiger partial charge in [0.2, 0.25) is 0 Å². The number of unbranched alkanes of at least 4 members (excludes halogenated alkanes) is 12. The molecule has 0 aromatic carbocycles. The van der Waals surface area contributed by atoms with E-state index in [1.165, 1.54) is 57.8 Å². The maximum absolute atomic E-state index is 11.8. The van der Waals surface area contributed by atoms with Crippen molar-refractivity contribution in [1.82, 2.24) is 0 Å². The molecular weight excluding hydrogens is 612 g/mol. The van der Waals surface area contributed by atoms with Gasteiger partial charge in [0.15, 0.2) is 0 Å². The second-order valence-electron chi connectivity index (χ2n) is 14.4. The van der Waals surface area contributed by atoms with E-state index in [-0.39, 0.29) is 55.5 Å². The Morgan fingerprint density at radius 3 is 1.60 bits per heavy atom. The van der Waals surface area contributed by atoms with Gasteiger partial charge in [-0.3, -0.25) is 0 Å². The zero-order valence-electron chi connectivity index (χ0n) is 30.9. The van der Waals surface area contributed by atoms with Crippen molar-refractivity contribution in [2.45, 2.75) is 204 Å². The molecule has 280 valence electrons. The van der Waals surface area contributed by atoms with Gasteiger partial charge in [-0.05, 0) is 57.9 Å². The predicted molar refractivity (Wildman–Crippen MR) is 188 cm³/mol. The van der Waals surface area contributed by atoms with E-state index in [4.69, 9.17) is 33.2 Å². The molecule has 0 aromatic heterocycles. The summed E-state index contributed by atoms with van der Waals surface area (Å²) in [5.74, 6) is -0.282. The van der Waals surface area contributed by atoms with Crippen LogP contribution in [-0.4, -0.2) is 87.7 Å². The maximum Gasteiger partial charge on any atom is 0.334 e. The largest absolute Gasteiger partial charge is 0.455 e. The molecule has 3 aliphatic heterocycles. The lowest BCUT2D eigenvalue weighted by molar-refractivity contribution is -0.158. The highest BCUT2D eigenvalue weighted by Gasteiger charge is 2.41. The number of aliphatic hydroxyl groups is 1. The van der Waals surface area contributed by atoms with Crippen LogP contribution in [0.3, 0.4) is 0 Å². The summed E-state index contributed by atoms with van der Waals surface area (Å²) in [6, 6.07) is 0. The van der Waals surface area contributed by atoms with Crippen molar-refractivity contribution < 1.29 is 43.1 Å². The topological polar surface area (TPSA) is 102 Å². The van der Waals surface area contributed by atoms with Gasteiger partial charge >= 0.3 is 5.97 Å². The summed E-state index contributed by atoms with van der Waals surface area (Å²) >= 11 is 0. The molecule has 48 heavy (non-hydrogen) atoms. The third-order valence-corrected chi connectivity index (χ3v) is 10.3. The zero-order chi connectivity index (χ0) is 34.4. The lowest BCUT2D eigenvalue weighted by atomic mass is 9.99. The van der Waals surface area contributed by atoms with Crippen LogP contribution in [0.1, 0.15) is 155 Å². The van der Waals surface area contributed by atoms with Crippen LogP contribution in [0.25, 0.3) is 0 Å². The molecule has 0 spiro atoms. The summed E-state index contributed by atoms with van der Waals surface area (Å²) in [5, 5.41) is 10.3. The van der Waals surface area contributed by atoms with Gasteiger partial charge in [0.25, 0.3) is 0 Å². The molecule has 3 heterocycles. The lowest BCUT2D eigenvalue weighted by Crippen LogP contribution is -2.35. The highest BCUT2D eigenvalue weighted by Crippen LogP contribution is 2.36. The van der Waals surface area contributed by atoms with Gasteiger partial charge in [-0.2, -0.15) is 0 Å². The number of cyclic esters (lactones) is 1. The fourth-order valence-electron chi connectivity index (χ4n) is 7.59. The van der Waals surface area contributed by atoms with Crippen molar-refractivity contribution in [3.8, 4) is 0 Å². The number of carbonyl (C=O) groups excluding carboxylic acids is 1. The van der Waals surface area contributed by atoms with Gasteiger partial charge in [0, 0.05) is 26.2 Å². The zero-order valence-corrected chi connectivity index (χ0v) is 30.9. The van der Waals surface area contributed by atoms with Gasteiger partial charge in [-0.25, -0.2) is 4.79 Å². The Bertz CT molecular complexity index is 866. The molecule has 0 aromatic rings. The minimum atomic E-state index is -0.478. The predicted octanol–water partition coefficient (Wildman–Crippen LogP) is 8.33. The summed E-state index contributed by atoms with van der Waals surface area (Å²) in [6.45, 7) is 4.71. The second-order valence-corrected chi connectivity index (χ2v) is 14.4. The average Bonchev–Trinajstić information content (AvgIpc) is 3.83. The molecule has 9 heteroatoms. The second kappa shape index (κ2) is 25.0. The van der Waals surface area contributed by atoms with Crippen molar-refractivity contribution in [3.05, 3.63) is 11.6 Å². The SMILES string of the molecule is CCCCCCCCCCC(OCOC)C1CCC(C2CCC(C(CCCCCCCCC(O)CC3=CC(C)OC3=O)OCOC)O2)O1. The molecule has 2 fully saturated rings. The number of ether oxygens (including phenoxy) is 7. The molecule has 9 nitrogen and oxygen atoms in total. The third-order valence-electron chi connectivity index (χ3n) is 10.3. The smallest absolute Gasteiger partial charge is 0.334 e. The molecule has 8 atom stereocenters. The van der Waals surface area contributed by atoms with Crippen LogP contribution < -0.4 is 0 Å². The molecule has 0 radical (unpaired) electrons. The molecule has 3 rings (SSSR count). The van der Waals surface area contributed by atoms with Crippen LogP contribution in [0.2, 0.25) is 0 Å². The van der Waals surface area contributed by atoms with Crippen LogP contribution in [0.5, 0.6) is 0 Å². The Kier molecular flexibility index (Phi) is 21.5. The Labute approximate surface area is 292 Å². The highest BCUT2D eigenvalue weighted by molar-refractivity contribution is 5.90. The molecule has 0 aliphatic carbocycles. The Morgan fingerprint density at radius 2 is 1.17 bits per heavy atom. The number of hydrogen-bond acceptors (Lipinski definition) is 9. The van der Waals surface area contributed by atoms with E-state index in [1.54, 1.807) is 14.2 Å². The van der Waals surface area contributed by atoms with Gasteiger partial charge in [0.05, 0.1) is 42.7 Å². The first-order chi connectivity index (χ1) is 23.4. The van der Waals surface area contributed by atoms with E-state index >= 15 is 0 Å². The van der Waals surface area contributed by atoms with Crippen molar-refractivity contribution >= 4 is 5.97 Å². The molecular formula is C39H70O9. The van der Waals surface area contributed by atoms with Gasteiger partial charge in [-0.15, -0.1) is 0 Å². The quantitative estimate of drug-likeness (QED) is 0.0474. The van der Waals surface area contributed by atoms with Crippen molar-refractivity contribution in [3.63, 3.8) is 0 Å². The first-order valence-electron chi connectivity index (χ1n) is 19.6. The van der Waals surface area contributed by atoms with E-state index in [0.29, 0.717) is 18.8 Å². The Morgan fingerprint density at radius 1 is 0.708 bits per heavy atom. The maximum atomic E-state index is 11.8. The molecule has 8 unspecified atom stereocenters. The fourth-order valence-corrected chi connectivity index (χ4v) is 7.59. The molecule has 3 aliphatic rings. The van der Waals surface area contributed by atoms with Crippen LogP contribution >= 0.6 is 0 Å². The minimum absolute atomic E-state index is 0.0290.